The molecule has 2 rings (SSSR count). The molecule has 1 fully saturated rings. The summed E-state index contributed by atoms with van der Waals surface area (Å²) in [5.74, 6) is -0.0852. The van der Waals surface area contributed by atoms with Crippen LogP contribution in [0.2, 0.25) is 0 Å². The van der Waals surface area contributed by atoms with Gasteiger partial charge in [0.05, 0.1) is 6.10 Å². The zero-order valence-electron chi connectivity index (χ0n) is 14.2. The number of nitrogens with one attached hydrogen (secondary N) is 2. The summed E-state index contributed by atoms with van der Waals surface area (Å²) in [4.78, 5) is 29.6. The summed E-state index contributed by atoms with van der Waals surface area (Å²) in [7, 11) is 0. The van der Waals surface area contributed by atoms with Crippen LogP contribution in [0, 0.1) is 0 Å². The molecular weight excluding hydrogens is 308 g/mol. The van der Waals surface area contributed by atoms with Crippen molar-refractivity contribution in [3.63, 3.8) is 0 Å². The van der Waals surface area contributed by atoms with Gasteiger partial charge in [-0.1, -0.05) is 0 Å². The van der Waals surface area contributed by atoms with Gasteiger partial charge in [-0.05, 0) is 37.5 Å². The van der Waals surface area contributed by atoms with Gasteiger partial charge >= 0.3 is 6.03 Å². The molecule has 0 saturated carbocycles. The second-order valence-electron chi connectivity index (χ2n) is 5.78. The van der Waals surface area contributed by atoms with E-state index in [1.54, 1.807) is 17.3 Å². The van der Waals surface area contributed by atoms with Crippen LogP contribution in [0.25, 0.3) is 0 Å². The highest BCUT2D eigenvalue weighted by Crippen LogP contribution is 2.13. The van der Waals surface area contributed by atoms with Gasteiger partial charge in [-0.25, -0.2) is 4.79 Å². The Morgan fingerprint density at radius 3 is 2.88 bits per heavy atom. The minimum Gasteiger partial charge on any atom is -0.377 e. The van der Waals surface area contributed by atoms with Crippen LogP contribution < -0.4 is 10.6 Å². The van der Waals surface area contributed by atoms with Crippen LogP contribution in [0.1, 0.15) is 31.7 Å². The maximum absolute atomic E-state index is 12.1. The number of hydrogen-bond acceptors (Lipinski definition) is 4. The van der Waals surface area contributed by atoms with Crippen LogP contribution in [0.5, 0.6) is 0 Å². The topological polar surface area (TPSA) is 83.6 Å². The van der Waals surface area contributed by atoms with E-state index in [9.17, 15) is 9.59 Å². The Balaban J connectivity index is 1.62. The number of piperidine rings is 1. The number of carbonyl (C=O) groups excluding carboxylic acids is 2. The fraction of sp³-hybridized carbons (Fsp3) is 0.588. The molecule has 7 heteroatoms. The van der Waals surface area contributed by atoms with Crippen molar-refractivity contribution in [3.8, 4) is 0 Å². The van der Waals surface area contributed by atoms with Crippen molar-refractivity contribution >= 4 is 11.9 Å². The number of pyridine rings is 1. The van der Waals surface area contributed by atoms with Crippen LogP contribution in [0.4, 0.5) is 4.79 Å². The zero-order valence-corrected chi connectivity index (χ0v) is 14.2. The Morgan fingerprint density at radius 2 is 2.12 bits per heavy atom. The Morgan fingerprint density at radius 1 is 1.33 bits per heavy atom. The van der Waals surface area contributed by atoms with Gasteiger partial charge in [-0.15, -0.1) is 0 Å². The summed E-state index contributed by atoms with van der Waals surface area (Å²) < 4.78 is 5.59. The van der Waals surface area contributed by atoms with Crippen molar-refractivity contribution < 1.29 is 14.3 Å². The molecule has 1 aromatic heterocycles. The van der Waals surface area contributed by atoms with Crippen molar-refractivity contribution in [1.82, 2.24) is 20.5 Å². The molecule has 132 valence electrons. The Bertz CT molecular complexity index is 522. The third-order valence-electron chi connectivity index (χ3n) is 3.94. The molecule has 0 aromatic carbocycles. The first-order chi connectivity index (χ1) is 11.7. The summed E-state index contributed by atoms with van der Waals surface area (Å²) in [5.41, 5.74) is 0.998. The number of urea groups is 1. The van der Waals surface area contributed by atoms with E-state index in [2.05, 4.69) is 15.6 Å². The van der Waals surface area contributed by atoms with Crippen LogP contribution >= 0.6 is 0 Å². The predicted molar refractivity (Wildman–Crippen MR) is 90.3 cm³/mol. The van der Waals surface area contributed by atoms with Crippen molar-refractivity contribution in [2.75, 3.05) is 26.2 Å². The maximum atomic E-state index is 12.1. The molecule has 3 amide bonds. The Hall–Kier alpha value is -2.15. The molecule has 1 atom stereocenters. The van der Waals surface area contributed by atoms with E-state index in [1.165, 1.54) is 0 Å². The van der Waals surface area contributed by atoms with Gasteiger partial charge in [0.1, 0.15) is 0 Å². The molecule has 0 spiro atoms. The lowest BCUT2D eigenvalue weighted by Crippen LogP contribution is -2.48. The van der Waals surface area contributed by atoms with E-state index >= 15 is 0 Å². The first-order valence-electron chi connectivity index (χ1n) is 8.49. The molecule has 0 radical (unpaired) electrons. The number of nitrogens with zero attached hydrogens (tertiary/aromatic N) is 2. The summed E-state index contributed by atoms with van der Waals surface area (Å²) in [5, 5.41) is 5.63. The minimum atomic E-state index is -0.124. The molecule has 1 aromatic rings. The largest absolute Gasteiger partial charge is 0.377 e. The summed E-state index contributed by atoms with van der Waals surface area (Å²) in [6.45, 7) is 4.78. The number of carbonyl (C=O) groups is 2. The molecule has 1 aliphatic rings. The van der Waals surface area contributed by atoms with Crippen LogP contribution in [-0.2, 0) is 16.1 Å². The number of likely N-dealkylation sites (tertiary alicyclic amines) is 1. The van der Waals surface area contributed by atoms with E-state index in [4.69, 9.17) is 4.74 Å². The Kier molecular flexibility index (Phi) is 7.48. The molecule has 2 N–H and O–H groups in total. The highest BCUT2D eigenvalue weighted by atomic mass is 16.5. The van der Waals surface area contributed by atoms with E-state index in [0.717, 1.165) is 24.9 Å². The second-order valence-corrected chi connectivity index (χ2v) is 5.78. The number of rotatable bonds is 7. The molecule has 0 bridgehead atoms. The van der Waals surface area contributed by atoms with Crippen molar-refractivity contribution in [3.05, 3.63) is 30.1 Å². The number of amides is 3. The van der Waals surface area contributed by atoms with Gasteiger partial charge < -0.3 is 20.3 Å². The predicted octanol–water partition coefficient (Wildman–Crippen LogP) is 1.30. The van der Waals surface area contributed by atoms with Gasteiger partial charge in [-0.2, -0.15) is 0 Å². The fourth-order valence-electron chi connectivity index (χ4n) is 2.68. The third-order valence-corrected chi connectivity index (χ3v) is 3.94. The highest BCUT2D eigenvalue weighted by molar-refractivity contribution is 5.78. The van der Waals surface area contributed by atoms with Gasteiger partial charge in [0.2, 0.25) is 5.91 Å². The lowest BCUT2D eigenvalue weighted by atomic mass is 10.1. The Labute approximate surface area is 142 Å². The molecule has 1 saturated heterocycles. The van der Waals surface area contributed by atoms with E-state index < -0.39 is 0 Å². The molecule has 2 heterocycles. The average Bonchev–Trinajstić information content (AvgIpc) is 2.61. The second kappa shape index (κ2) is 9.87. The molecule has 0 aliphatic carbocycles. The summed E-state index contributed by atoms with van der Waals surface area (Å²) in [6.07, 6.45) is 5.71. The van der Waals surface area contributed by atoms with Crippen LogP contribution in [-0.4, -0.2) is 54.2 Å². The molecule has 0 unspecified atom stereocenters. The van der Waals surface area contributed by atoms with Gasteiger partial charge in [0.15, 0.2) is 0 Å². The van der Waals surface area contributed by atoms with Crippen molar-refractivity contribution in [2.24, 2.45) is 0 Å². The quantitative estimate of drug-likeness (QED) is 0.787. The minimum absolute atomic E-state index is 0.0852. The number of hydrogen-bond donors (Lipinski definition) is 2. The fourth-order valence-corrected chi connectivity index (χ4v) is 2.68. The van der Waals surface area contributed by atoms with Crippen molar-refractivity contribution in [2.45, 2.75) is 38.8 Å². The monoisotopic (exact) mass is 334 g/mol. The SMILES string of the molecule is CCO[C@H]1CCCN(C(=O)NCCC(=O)NCc2ccncc2)C1. The standard InChI is InChI=1S/C17H26N4O3/c1-2-24-15-4-3-11-21(13-15)17(23)19-10-7-16(22)20-12-14-5-8-18-9-6-14/h5-6,8-9,15H,2-4,7,10-13H2,1H3,(H,19,23)(H,20,22)/t15-/m0/s1. The van der Waals surface area contributed by atoms with E-state index in [1.807, 2.05) is 19.1 Å². The lowest BCUT2D eigenvalue weighted by Gasteiger charge is -2.32. The first-order valence-corrected chi connectivity index (χ1v) is 8.49. The van der Waals surface area contributed by atoms with E-state index in [-0.39, 0.29) is 24.5 Å². The number of ether oxygens (including phenoxy) is 1. The van der Waals surface area contributed by atoms with Gasteiger partial charge in [0, 0.05) is 51.6 Å². The summed E-state index contributed by atoms with van der Waals surface area (Å²) in [6, 6.07) is 3.58. The maximum Gasteiger partial charge on any atom is 0.317 e. The number of aromatic nitrogens is 1. The lowest BCUT2D eigenvalue weighted by molar-refractivity contribution is -0.121. The van der Waals surface area contributed by atoms with E-state index in [0.29, 0.717) is 26.2 Å². The van der Waals surface area contributed by atoms with Crippen LogP contribution in [0.15, 0.2) is 24.5 Å². The molecule has 24 heavy (non-hydrogen) atoms. The van der Waals surface area contributed by atoms with Crippen LogP contribution in [0.3, 0.4) is 0 Å². The van der Waals surface area contributed by atoms with Crippen molar-refractivity contribution in [1.29, 1.82) is 0 Å². The molecule has 1 aliphatic heterocycles. The molecule has 7 nitrogen and oxygen atoms in total. The smallest absolute Gasteiger partial charge is 0.317 e. The highest BCUT2D eigenvalue weighted by Gasteiger charge is 2.23. The molecular formula is C17H26N4O3. The average molecular weight is 334 g/mol. The van der Waals surface area contributed by atoms with Gasteiger partial charge in [-0.3, -0.25) is 9.78 Å². The summed E-state index contributed by atoms with van der Waals surface area (Å²) >= 11 is 0. The first kappa shape index (κ1) is 18.2. The zero-order chi connectivity index (χ0) is 17.2. The normalized spacial score (nSPS) is 17.4. The third kappa shape index (κ3) is 6.16. The van der Waals surface area contributed by atoms with Gasteiger partial charge in [0.25, 0.3) is 0 Å².